The van der Waals surface area contributed by atoms with Crippen LogP contribution in [0.15, 0.2) is 77.3 Å². The van der Waals surface area contributed by atoms with Crippen LogP contribution < -0.4 is 10.2 Å². The Hall–Kier alpha value is -3.78. The Morgan fingerprint density at radius 1 is 1.03 bits per heavy atom. The zero-order chi connectivity index (χ0) is 24.5. The van der Waals surface area contributed by atoms with Crippen LogP contribution in [-0.4, -0.2) is 22.8 Å². The summed E-state index contributed by atoms with van der Waals surface area (Å²) in [6, 6.07) is 16.6. The molecular formula is C27H23FN2O4S. The lowest BCUT2D eigenvalue weighted by Gasteiger charge is -2.34. The number of para-hydroxylation sites is 2. The smallest absolute Gasteiger partial charge is 0.303 e. The summed E-state index contributed by atoms with van der Waals surface area (Å²) in [5, 5.41) is 14.5. The average Bonchev–Trinajstić information content (AvgIpc) is 3.32. The third-order valence-electron chi connectivity index (χ3n) is 6.46. The maximum Gasteiger partial charge on any atom is 0.303 e. The van der Waals surface area contributed by atoms with E-state index >= 15 is 0 Å². The van der Waals surface area contributed by atoms with E-state index in [0.717, 1.165) is 16.1 Å². The first kappa shape index (κ1) is 23.0. The van der Waals surface area contributed by atoms with Crippen LogP contribution in [0.5, 0.6) is 0 Å². The van der Waals surface area contributed by atoms with Crippen molar-refractivity contribution in [3.05, 3.63) is 93.6 Å². The van der Waals surface area contributed by atoms with E-state index in [0.29, 0.717) is 23.4 Å². The minimum atomic E-state index is -1.05. The van der Waals surface area contributed by atoms with E-state index in [1.165, 1.54) is 23.5 Å². The van der Waals surface area contributed by atoms with Crippen molar-refractivity contribution < 1.29 is 23.9 Å². The average molecular weight is 491 g/mol. The summed E-state index contributed by atoms with van der Waals surface area (Å²) in [6.45, 7) is 0. The second-order valence-electron chi connectivity index (χ2n) is 8.69. The van der Waals surface area contributed by atoms with Gasteiger partial charge in [-0.15, -0.1) is 11.3 Å². The molecule has 1 aliphatic heterocycles. The van der Waals surface area contributed by atoms with Crippen molar-refractivity contribution in [2.45, 2.75) is 37.6 Å². The third-order valence-corrected chi connectivity index (χ3v) is 7.39. The number of amides is 1. The summed E-state index contributed by atoms with van der Waals surface area (Å²) in [7, 11) is 0. The van der Waals surface area contributed by atoms with Crippen molar-refractivity contribution in [1.29, 1.82) is 0 Å². The van der Waals surface area contributed by atoms with Crippen LogP contribution in [-0.2, 0) is 14.4 Å². The molecule has 178 valence electrons. The van der Waals surface area contributed by atoms with E-state index in [1.807, 2.05) is 41.8 Å². The number of carboxylic acids is 1. The number of benzene rings is 2. The Morgan fingerprint density at radius 2 is 1.80 bits per heavy atom. The minimum Gasteiger partial charge on any atom is -0.481 e. The number of thiophene rings is 1. The molecule has 2 aliphatic rings. The highest BCUT2D eigenvalue weighted by Crippen LogP contribution is 2.48. The van der Waals surface area contributed by atoms with Gasteiger partial charge in [-0.1, -0.05) is 30.3 Å². The van der Waals surface area contributed by atoms with Gasteiger partial charge in [0.1, 0.15) is 11.9 Å². The van der Waals surface area contributed by atoms with Gasteiger partial charge in [-0.2, -0.15) is 0 Å². The van der Waals surface area contributed by atoms with Crippen molar-refractivity contribution in [2.75, 3.05) is 10.2 Å². The predicted octanol–water partition coefficient (Wildman–Crippen LogP) is 5.65. The highest BCUT2D eigenvalue weighted by molar-refractivity contribution is 7.10. The zero-order valence-electron chi connectivity index (χ0n) is 18.7. The molecule has 0 radical (unpaired) electrons. The van der Waals surface area contributed by atoms with Crippen molar-refractivity contribution in [1.82, 2.24) is 0 Å². The molecule has 2 N–H and O–H groups in total. The molecule has 2 aromatic carbocycles. The van der Waals surface area contributed by atoms with Crippen LogP contribution in [0.3, 0.4) is 0 Å². The summed E-state index contributed by atoms with van der Waals surface area (Å²) in [5.74, 6) is -1.95. The lowest BCUT2D eigenvalue weighted by atomic mass is 9.79. The number of rotatable bonds is 5. The number of aliphatic carboxylic acids is 1. The van der Waals surface area contributed by atoms with Crippen LogP contribution in [0.4, 0.5) is 15.8 Å². The maximum absolute atomic E-state index is 13.7. The van der Waals surface area contributed by atoms with Crippen LogP contribution in [0.1, 0.15) is 48.1 Å². The second kappa shape index (κ2) is 9.46. The monoisotopic (exact) mass is 490 g/mol. The topological polar surface area (TPSA) is 86.7 Å². The lowest BCUT2D eigenvalue weighted by Crippen LogP contribution is -2.38. The third kappa shape index (κ3) is 4.49. The summed E-state index contributed by atoms with van der Waals surface area (Å²) < 4.78 is 13.5. The molecule has 6 nitrogen and oxygen atoms in total. The highest BCUT2D eigenvalue weighted by atomic mass is 32.1. The lowest BCUT2D eigenvalue weighted by molar-refractivity contribution is -0.138. The molecule has 0 bridgehead atoms. The normalized spacial score (nSPS) is 19.5. The Labute approximate surface area is 205 Å². The summed E-state index contributed by atoms with van der Waals surface area (Å²) in [6.07, 6.45) is 0.288. The molecule has 5 rings (SSSR count). The number of anilines is 2. The quantitative estimate of drug-likeness (QED) is 0.483. The largest absolute Gasteiger partial charge is 0.481 e. The van der Waals surface area contributed by atoms with Crippen molar-refractivity contribution >= 4 is 40.4 Å². The number of hydrogen-bond donors (Lipinski definition) is 2. The van der Waals surface area contributed by atoms with E-state index in [-0.39, 0.29) is 42.7 Å². The number of allylic oxidation sites excluding steroid dienone is 1. The minimum absolute atomic E-state index is 0.0877. The molecule has 35 heavy (non-hydrogen) atoms. The highest BCUT2D eigenvalue weighted by Gasteiger charge is 2.41. The molecule has 0 saturated heterocycles. The van der Waals surface area contributed by atoms with Crippen LogP contribution in [0.2, 0.25) is 0 Å². The van der Waals surface area contributed by atoms with E-state index in [4.69, 9.17) is 0 Å². The van der Waals surface area contributed by atoms with E-state index in [2.05, 4.69) is 5.32 Å². The number of carbonyl (C=O) groups is 3. The number of ketones is 1. The summed E-state index contributed by atoms with van der Waals surface area (Å²) in [5.41, 5.74) is 3.41. The first-order valence-corrected chi connectivity index (χ1v) is 12.3. The van der Waals surface area contributed by atoms with Gasteiger partial charge in [0.2, 0.25) is 5.91 Å². The molecule has 8 heteroatoms. The van der Waals surface area contributed by atoms with Crippen molar-refractivity contribution in [3.8, 4) is 0 Å². The van der Waals surface area contributed by atoms with E-state index in [1.54, 1.807) is 17.0 Å². The molecule has 2 atom stereocenters. The van der Waals surface area contributed by atoms with Gasteiger partial charge in [-0.05, 0) is 53.6 Å². The summed E-state index contributed by atoms with van der Waals surface area (Å²) >= 11 is 1.45. The number of fused-ring (bicyclic) bond motifs is 1. The molecular weight excluding hydrogens is 467 g/mol. The Balaban J connectivity index is 1.64. The number of nitrogens with zero attached hydrogens (tertiary/aromatic N) is 1. The molecule has 3 aromatic rings. The van der Waals surface area contributed by atoms with Gasteiger partial charge in [0.15, 0.2) is 5.78 Å². The first-order valence-electron chi connectivity index (χ1n) is 11.4. The van der Waals surface area contributed by atoms with Gasteiger partial charge >= 0.3 is 5.97 Å². The standard InChI is InChI=1S/C27H23FN2O4S/c28-18-9-7-16(8-10-18)17-14-20-26(22(31)15-17)27(23-6-3-13-35-23)30(24(32)11-12-25(33)34)21-5-2-1-4-19(21)29-20/h1-10,13,17,27,29H,11-12,14-15H2,(H,33,34)/t17-,27+/m1/s1. The molecule has 1 aliphatic carbocycles. The van der Waals surface area contributed by atoms with Crippen molar-refractivity contribution in [2.24, 2.45) is 0 Å². The Bertz CT molecular complexity index is 1320. The fourth-order valence-corrected chi connectivity index (χ4v) is 5.71. The van der Waals surface area contributed by atoms with E-state index < -0.39 is 12.0 Å². The van der Waals surface area contributed by atoms with Gasteiger partial charge in [-0.3, -0.25) is 19.3 Å². The predicted molar refractivity (Wildman–Crippen MR) is 132 cm³/mol. The van der Waals surface area contributed by atoms with Crippen molar-refractivity contribution in [3.63, 3.8) is 0 Å². The molecule has 0 unspecified atom stereocenters. The number of nitrogens with one attached hydrogen (secondary N) is 1. The van der Waals surface area contributed by atoms with Gasteiger partial charge in [0.05, 0.1) is 17.8 Å². The molecule has 0 fully saturated rings. The SMILES string of the molecule is O=C(O)CCC(=O)N1c2ccccc2NC2=C(C(=O)C[C@H](c3ccc(F)cc3)C2)[C@@H]1c1cccs1. The molecule has 0 spiro atoms. The fraction of sp³-hybridized carbons (Fsp3) is 0.222. The number of carbonyl (C=O) groups excluding carboxylic acids is 2. The van der Waals surface area contributed by atoms with Crippen LogP contribution in [0, 0.1) is 5.82 Å². The number of carboxylic acid groups (broad SMARTS) is 1. The fourth-order valence-electron chi connectivity index (χ4n) is 4.89. The number of hydrogen-bond acceptors (Lipinski definition) is 5. The Kier molecular flexibility index (Phi) is 6.21. The van der Waals surface area contributed by atoms with Gasteiger partial charge in [0.25, 0.3) is 0 Å². The number of halogens is 1. The summed E-state index contributed by atoms with van der Waals surface area (Å²) in [4.78, 5) is 40.8. The Morgan fingerprint density at radius 3 is 2.51 bits per heavy atom. The number of Topliss-reactive ketones (excluding diaryl/α,β-unsaturated/α-hetero) is 1. The van der Waals surface area contributed by atoms with Crippen LogP contribution in [0.25, 0.3) is 0 Å². The van der Waals surface area contributed by atoms with E-state index in [9.17, 15) is 23.9 Å². The zero-order valence-corrected chi connectivity index (χ0v) is 19.6. The molecule has 0 saturated carbocycles. The van der Waals surface area contributed by atoms with Crippen LogP contribution >= 0.6 is 11.3 Å². The first-order chi connectivity index (χ1) is 16.9. The molecule has 1 aromatic heterocycles. The maximum atomic E-state index is 13.7. The van der Waals surface area contributed by atoms with Gasteiger partial charge in [-0.25, -0.2) is 4.39 Å². The molecule has 1 amide bonds. The van der Waals surface area contributed by atoms with Gasteiger partial charge < -0.3 is 10.4 Å². The second-order valence-corrected chi connectivity index (χ2v) is 9.67. The van der Waals surface area contributed by atoms with Gasteiger partial charge in [0, 0.05) is 29.0 Å². The molecule has 2 heterocycles.